The number of halogens is 1. The number of rotatable bonds is 4. The van der Waals surface area contributed by atoms with Gasteiger partial charge in [0.1, 0.15) is 0 Å². The summed E-state index contributed by atoms with van der Waals surface area (Å²) in [7, 11) is 0. The lowest BCUT2D eigenvalue weighted by Gasteiger charge is -2.19. The molecule has 0 radical (unpaired) electrons. The van der Waals surface area contributed by atoms with E-state index < -0.39 is 16.4 Å². The van der Waals surface area contributed by atoms with E-state index in [-0.39, 0.29) is 0 Å². The van der Waals surface area contributed by atoms with Crippen molar-refractivity contribution in [2.24, 2.45) is 0 Å². The minimum absolute atomic E-state index is 0.410. The van der Waals surface area contributed by atoms with Gasteiger partial charge < -0.3 is 5.32 Å². The van der Waals surface area contributed by atoms with Crippen LogP contribution in [0.5, 0.6) is 0 Å². The van der Waals surface area contributed by atoms with E-state index >= 15 is 0 Å². The third-order valence-corrected chi connectivity index (χ3v) is 3.07. The van der Waals surface area contributed by atoms with Crippen molar-refractivity contribution in [1.29, 1.82) is 0 Å². The first-order chi connectivity index (χ1) is 8.66. The standard InChI is InChI=1S/C13H15FN2O2/c14-12-8-10(6-7-13(12)16(17)18)9-15-11-4-2-1-3-5-11/h1-2,6-8,11,15H,3-5,9H2. The molecule has 0 spiro atoms. The highest BCUT2D eigenvalue weighted by molar-refractivity contribution is 5.34. The van der Waals surface area contributed by atoms with Gasteiger partial charge in [-0.25, -0.2) is 0 Å². The SMILES string of the molecule is O=[N+]([O-])c1ccc(CNC2CC=CCC2)cc1F. The molecule has 1 unspecified atom stereocenters. The molecule has 0 bridgehead atoms. The molecule has 0 saturated heterocycles. The number of nitrogens with zero attached hydrogens (tertiary/aromatic N) is 1. The van der Waals surface area contributed by atoms with Gasteiger partial charge in [0.25, 0.3) is 0 Å². The summed E-state index contributed by atoms with van der Waals surface area (Å²) in [5, 5.41) is 13.8. The lowest BCUT2D eigenvalue weighted by Crippen LogP contribution is -2.29. The molecule has 0 aliphatic heterocycles. The van der Waals surface area contributed by atoms with Gasteiger partial charge in [0.05, 0.1) is 4.92 Å². The zero-order chi connectivity index (χ0) is 13.0. The van der Waals surface area contributed by atoms with E-state index in [1.165, 1.54) is 12.1 Å². The minimum atomic E-state index is -0.775. The Morgan fingerprint density at radius 1 is 1.44 bits per heavy atom. The van der Waals surface area contributed by atoms with Crippen molar-refractivity contribution < 1.29 is 9.31 Å². The molecule has 1 aromatic rings. The summed E-state index contributed by atoms with van der Waals surface area (Å²) in [5.41, 5.74) is 0.256. The largest absolute Gasteiger partial charge is 0.310 e. The van der Waals surface area contributed by atoms with Crippen molar-refractivity contribution in [2.45, 2.75) is 31.8 Å². The molecular formula is C13H15FN2O2. The molecule has 1 aliphatic carbocycles. The normalized spacial score (nSPS) is 18.8. The monoisotopic (exact) mass is 250 g/mol. The second-order valence-corrected chi connectivity index (χ2v) is 4.41. The molecule has 5 heteroatoms. The molecule has 1 aliphatic rings. The highest BCUT2D eigenvalue weighted by Gasteiger charge is 2.14. The van der Waals surface area contributed by atoms with Crippen LogP contribution in [0.15, 0.2) is 30.4 Å². The van der Waals surface area contributed by atoms with Crippen LogP contribution in [0.4, 0.5) is 10.1 Å². The molecule has 2 rings (SSSR count). The molecule has 4 nitrogen and oxygen atoms in total. The van der Waals surface area contributed by atoms with E-state index in [1.54, 1.807) is 6.07 Å². The van der Waals surface area contributed by atoms with Crippen LogP contribution in [0.25, 0.3) is 0 Å². The Labute approximate surface area is 105 Å². The van der Waals surface area contributed by atoms with Crippen molar-refractivity contribution in [3.05, 3.63) is 51.8 Å². The van der Waals surface area contributed by atoms with Crippen LogP contribution in [-0.4, -0.2) is 11.0 Å². The predicted molar refractivity (Wildman–Crippen MR) is 66.7 cm³/mol. The number of benzene rings is 1. The van der Waals surface area contributed by atoms with Crippen LogP contribution in [0.1, 0.15) is 24.8 Å². The number of nitro groups is 1. The Morgan fingerprint density at radius 3 is 2.89 bits per heavy atom. The van der Waals surface area contributed by atoms with Crippen molar-refractivity contribution in [3.8, 4) is 0 Å². The van der Waals surface area contributed by atoms with Gasteiger partial charge in [0, 0.05) is 18.7 Å². The van der Waals surface area contributed by atoms with Crippen molar-refractivity contribution in [3.63, 3.8) is 0 Å². The highest BCUT2D eigenvalue weighted by Crippen LogP contribution is 2.18. The number of nitro benzene ring substituents is 1. The molecule has 96 valence electrons. The Bertz CT molecular complexity index is 474. The van der Waals surface area contributed by atoms with Gasteiger partial charge >= 0.3 is 5.69 Å². The van der Waals surface area contributed by atoms with Gasteiger partial charge in [-0.1, -0.05) is 18.2 Å². The van der Waals surface area contributed by atoms with Gasteiger partial charge in [0.2, 0.25) is 5.82 Å². The smallest absolute Gasteiger partial charge is 0.304 e. The van der Waals surface area contributed by atoms with Crippen molar-refractivity contribution >= 4 is 5.69 Å². The molecule has 0 saturated carbocycles. The summed E-state index contributed by atoms with van der Waals surface area (Å²) in [6, 6.07) is 4.44. The average Bonchev–Trinajstić information content (AvgIpc) is 2.37. The Balaban J connectivity index is 1.95. The fraction of sp³-hybridized carbons (Fsp3) is 0.385. The lowest BCUT2D eigenvalue weighted by atomic mass is 10.0. The maximum absolute atomic E-state index is 13.4. The van der Waals surface area contributed by atoms with E-state index in [0.717, 1.165) is 24.8 Å². The molecule has 18 heavy (non-hydrogen) atoms. The number of nitrogens with one attached hydrogen (secondary N) is 1. The molecule has 0 fully saturated rings. The first-order valence-electron chi connectivity index (χ1n) is 5.98. The van der Waals surface area contributed by atoms with Gasteiger partial charge in [-0.3, -0.25) is 10.1 Å². The van der Waals surface area contributed by atoms with E-state index in [4.69, 9.17) is 0 Å². The predicted octanol–water partition coefficient (Wildman–Crippen LogP) is 2.93. The van der Waals surface area contributed by atoms with Gasteiger partial charge in [-0.2, -0.15) is 4.39 Å². The summed E-state index contributed by atoms with van der Waals surface area (Å²) < 4.78 is 13.4. The topological polar surface area (TPSA) is 55.2 Å². The third kappa shape index (κ3) is 3.13. The Kier molecular flexibility index (Phi) is 4.04. The molecule has 0 amide bonds. The maximum Gasteiger partial charge on any atom is 0.304 e. The van der Waals surface area contributed by atoms with Gasteiger partial charge in [-0.05, 0) is 30.9 Å². The zero-order valence-corrected chi connectivity index (χ0v) is 9.93. The Morgan fingerprint density at radius 2 is 2.28 bits per heavy atom. The van der Waals surface area contributed by atoms with Crippen LogP contribution >= 0.6 is 0 Å². The lowest BCUT2D eigenvalue weighted by molar-refractivity contribution is -0.387. The maximum atomic E-state index is 13.4. The average molecular weight is 250 g/mol. The quantitative estimate of drug-likeness (QED) is 0.508. The summed E-state index contributed by atoms with van der Waals surface area (Å²) in [6.45, 7) is 0.535. The van der Waals surface area contributed by atoms with E-state index in [9.17, 15) is 14.5 Å². The van der Waals surface area contributed by atoms with Crippen LogP contribution in [0.2, 0.25) is 0 Å². The summed E-state index contributed by atoms with van der Waals surface area (Å²) >= 11 is 0. The first kappa shape index (κ1) is 12.7. The van der Waals surface area contributed by atoms with Crippen LogP contribution in [-0.2, 0) is 6.54 Å². The third-order valence-electron chi connectivity index (χ3n) is 3.07. The molecule has 1 aromatic carbocycles. The Hall–Kier alpha value is -1.75. The van der Waals surface area contributed by atoms with E-state index in [1.807, 2.05) is 0 Å². The molecule has 1 atom stereocenters. The molecule has 0 aromatic heterocycles. The molecule has 1 N–H and O–H groups in total. The number of hydrogen-bond donors (Lipinski definition) is 1. The molecule has 0 heterocycles. The number of allylic oxidation sites excluding steroid dienone is 1. The summed E-state index contributed by atoms with van der Waals surface area (Å²) in [4.78, 5) is 9.77. The fourth-order valence-electron chi connectivity index (χ4n) is 2.05. The summed E-state index contributed by atoms with van der Waals surface area (Å²) in [6.07, 6.45) is 7.41. The van der Waals surface area contributed by atoms with Crippen molar-refractivity contribution in [1.82, 2.24) is 5.32 Å². The van der Waals surface area contributed by atoms with E-state index in [0.29, 0.717) is 12.6 Å². The van der Waals surface area contributed by atoms with Crippen LogP contribution < -0.4 is 5.32 Å². The van der Waals surface area contributed by atoms with Gasteiger partial charge in [-0.15, -0.1) is 0 Å². The highest BCUT2D eigenvalue weighted by atomic mass is 19.1. The second-order valence-electron chi connectivity index (χ2n) is 4.41. The fourth-order valence-corrected chi connectivity index (χ4v) is 2.05. The van der Waals surface area contributed by atoms with Crippen LogP contribution in [0, 0.1) is 15.9 Å². The minimum Gasteiger partial charge on any atom is -0.310 e. The van der Waals surface area contributed by atoms with Crippen molar-refractivity contribution in [2.75, 3.05) is 0 Å². The molecular weight excluding hydrogens is 235 g/mol. The number of hydrogen-bond acceptors (Lipinski definition) is 3. The summed E-state index contributed by atoms with van der Waals surface area (Å²) in [5.74, 6) is -0.775. The second kappa shape index (κ2) is 5.73. The first-order valence-corrected chi connectivity index (χ1v) is 5.98. The van der Waals surface area contributed by atoms with E-state index in [2.05, 4.69) is 17.5 Å². The van der Waals surface area contributed by atoms with Crippen LogP contribution in [0.3, 0.4) is 0 Å². The van der Waals surface area contributed by atoms with Gasteiger partial charge in [0.15, 0.2) is 0 Å². The zero-order valence-electron chi connectivity index (χ0n) is 9.93.